The van der Waals surface area contributed by atoms with E-state index in [1.165, 1.54) is 10.5 Å². The maximum absolute atomic E-state index is 11.0. The van der Waals surface area contributed by atoms with E-state index in [0.29, 0.717) is 24.4 Å². The van der Waals surface area contributed by atoms with E-state index in [1.54, 1.807) is 19.2 Å². The second-order valence-electron chi connectivity index (χ2n) is 3.53. The van der Waals surface area contributed by atoms with E-state index in [9.17, 15) is 9.90 Å². The Kier molecular flexibility index (Phi) is 2.97. The van der Waals surface area contributed by atoms with Crippen molar-refractivity contribution in [2.24, 2.45) is 0 Å². The van der Waals surface area contributed by atoms with Crippen LogP contribution in [0.3, 0.4) is 0 Å². The summed E-state index contributed by atoms with van der Waals surface area (Å²) < 4.78 is 6.34. The Balaban J connectivity index is 2.63. The molecule has 0 radical (unpaired) electrons. The van der Waals surface area contributed by atoms with Crippen LogP contribution < -0.4 is 0 Å². The third kappa shape index (κ3) is 1.94. The van der Waals surface area contributed by atoms with Crippen molar-refractivity contribution in [3.05, 3.63) is 29.7 Å². The van der Waals surface area contributed by atoms with Crippen LogP contribution >= 0.6 is 0 Å². The lowest BCUT2D eigenvalue weighted by molar-refractivity contribution is 0.0693. The minimum Gasteiger partial charge on any atom is -0.494 e. The number of ether oxygens (including phenoxy) is 1. The highest BCUT2D eigenvalue weighted by atomic mass is 16.5. The number of aromatic carboxylic acids is 1. The van der Waals surface area contributed by atoms with E-state index < -0.39 is 5.97 Å². The largest absolute Gasteiger partial charge is 0.494 e. The van der Waals surface area contributed by atoms with Crippen LogP contribution in [-0.2, 0) is 11.2 Å². The highest BCUT2D eigenvalue weighted by Gasteiger charge is 2.17. The number of aromatic nitrogens is 2. The highest BCUT2D eigenvalue weighted by molar-refractivity contribution is 5.93. The van der Waals surface area contributed by atoms with Crippen molar-refractivity contribution >= 4 is 11.5 Å². The zero-order valence-corrected chi connectivity index (χ0v) is 9.25. The molecule has 6 heteroatoms. The number of pyridine rings is 1. The Morgan fingerprint density at radius 2 is 2.29 bits per heavy atom. The molecule has 0 bridgehead atoms. The molecule has 0 fully saturated rings. The summed E-state index contributed by atoms with van der Waals surface area (Å²) in [7, 11) is 1.55. The number of fused-ring (bicyclic) bond motifs is 1. The Labute approximate surface area is 97.1 Å². The summed E-state index contributed by atoms with van der Waals surface area (Å²) in [6.45, 7) is 0.409. The third-order valence-corrected chi connectivity index (χ3v) is 2.44. The fourth-order valence-corrected chi connectivity index (χ4v) is 1.71. The molecular weight excluding hydrogens is 224 g/mol. The van der Waals surface area contributed by atoms with Gasteiger partial charge in [0, 0.05) is 13.5 Å². The molecule has 6 nitrogen and oxygen atoms in total. The van der Waals surface area contributed by atoms with Gasteiger partial charge in [-0.05, 0) is 12.1 Å². The van der Waals surface area contributed by atoms with Gasteiger partial charge in [0.05, 0.1) is 12.1 Å². The number of hydrogen-bond acceptors (Lipinski definition) is 4. The second-order valence-corrected chi connectivity index (χ2v) is 3.53. The monoisotopic (exact) mass is 236 g/mol. The van der Waals surface area contributed by atoms with Gasteiger partial charge in [0.2, 0.25) is 0 Å². The van der Waals surface area contributed by atoms with Crippen molar-refractivity contribution in [1.82, 2.24) is 9.38 Å². The summed E-state index contributed by atoms with van der Waals surface area (Å²) in [5.41, 5.74) is 0.315. The first-order valence-electron chi connectivity index (χ1n) is 5.06. The lowest BCUT2D eigenvalue weighted by atomic mass is 10.3. The fourth-order valence-electron chi connectivity index (χ4n) is 1.71. The fraction of sp³-hybridized carbons (Fsp3) is 0.273. The van der Waals surface area contributed by atoms with Gasteiger partial charge in [0.15, 0.2) is 11.6 Å². The van der Waals surface area contributed by atoms with Gasteiger partial charge in [-0.2, -0.15) is 0 Å². The summed E-state index contributed by atoms with van der Waals surface area (Å²) in [4.78, 5) is 15.0. The zero-order valence-electron chi connectivity index (χ0n) is 9.25. The van der Waals surface area contributed by atoms with Gasteiger partial charge in [-0.1, -0.05) is 6.07 Å². The first kappa shape index (κ1) is 11.4. The molecule has 2 aromatic heterocycles. The van der Waals surface area contributed by atoms with Crippen LogP contribution in [0.1, 0.15) is 16.3 Å². The molecule has 0 atom stereocenters. The summed E-state index contributed by atoms with van der Waals surface area (Å²) in [5, 5.41) is 18.8. The Hall–Kier alpha value is -2.08. The molecule has 0 saturated heterocycles. The maximum Gasteiger partial charge on any atom is 0.356 e. The second kappa shape index (κ2) is 4.42. The van der Waals surface area contributed by atoms with Crippen molar-refractivity contribution in [1.29, 1.82) is 0 Å². The number of imidazole rings is 1. The van der Waals surface area contributed by atoms with Gasteiger partial charge < -0.3 is 14.9 Å². The summed E-state index contributed by atoms with van der Waals surface area (Å²) in [6.07, 6.45) is 0.433. The van der Waals surface area contributed by atoms with Crippen LogP contribution in [0, 0.1) is 0 Å². The molecule has 2 heterocycles. The van der Waals surface area contributed by atoms with Crippen LogP contribution in [0.4, 0.5) is 0 Å². The number of hydrogen-bond donors (Lipinski definition) is 2. The van der Waals surface area contributed by atoms with Crippen LogP contribution in [-0.4, -0.2) is 39.3 Å². The van der Waals surface area contributed by atoms with Gasteiger partial charge >= 0.3 is 5.97 Å². The maximum atomic E-state index is 11.0. The molecule has 17 heavy (non-hydrogen) atoms. The minimum absolute atomic E-state index is 0.0337. The summed E-state index contributed by atoms with van der Waals surface area (Å²) >= 11 is 0. The lowest BCUT2D eigenvalue weighted by Crippen LogP contribution is -2.01. The number of carboxylic acids is 1. The Bertz CT molecular complexity index is 562. The number of methoxy groups -OCH3 is 1. The lowest BCUT2D eigenvalue weighted by Gasteiger charge is -2.02. The molecule has 0 aromatic carbocycles. The molecule has 0 unspecified atom stereocenters. The van der Waals surface area contributed by atoms with E-state index in [-0.39, 0.29) is 11.6 Å². The molecular formula is C11H12N2O4. The van der Waals surface area contributed by atoms with Crippen molar-refractivity contribution in [3.8, 4) is 5.88 Å². The van der Waals surface area contributed by atoms with Gasteiger partial charge in [-0.15, -0.1) is 0 Å². The van der Waals surface area contributed by atoms with Crippen molar-refractivity contribution in [2.45, 2.75) is 6.42 Å². The summed E-state index contributed by atoms with van der Waals surface area (Å²) in [5.74, 6) is -0.678. The Morgan fingerprint density at radius 1 is 1.53 bits per heavy atom. The zero-order chi connectivity index (χ0) is 12.4. The standard InChI is InChI=1S/C11H12N2O4/c1-17-6-5-8-12-10(11(15)16)7-3-2-4-9(14)13(7)8/h2-4,14H,5-6H2,1H3,(H,15,16). The number of carbonyl (C=O) groups is 1. The molecule has 0 aliphatic rings. The molecule has 90 valence electrons. The number of carboxylic acid groups (broad SMARTS) is 1. The average molecular weight is 236 g/mol. The van der Waals surface area contributed by atoms with Crippen molar-refractivity contribution < 1.29 is 19.7 Å². The summed E-state index contributed by atoms with van der Waals surface area (Å²) in [6, 6.07) is 4.67. The van der Waals surface area contributed by atoms with Crippen LogP contribution in [0.15, 0.2) is 18.2 Å². The molecule has 2 rings (SSSR count). The third-order valence-electron chi connectivity index (χ3n) is 2.44. The molecule has 0 spiro atoms. The minimum atomic E-state index is -1.11. The van der Waals surface area contributed by atoms with Gasteiger partial charge in [0.25, 0.3) is 0 Å². The topological polar surface area (TPSA) is 84.1 Å². The molecule has 0 aliphatic heterocycles. The van der Waals surface area contributed by atoms with E-state index in [0.717, 1.165) is 0 Å². The molecule has 2 N–H and O–H groups in total. The predicted octanol–water partition coefficient (Wildman–Crippen LogP) is 0.927. The number of nitrogens with zero attached hydrogens (tertiary/aromatic N) is 2. The van der Waals surface area contributed by atoms with Crippen LogP contribution in [0.5, 0.6) is 5.88 Å². The highest BCUT2D eigenvalue weighted by Crippen LogP contribution is 2.20. The van der Waals surface area contributed by atoms with Crippen LogP contribution in [0.2, 0.25) is 0 Å². The quantitative estimate of drug-likeness (QED) is 0.824. The first-order chi connectivity index (χ1) is 8.15. The molecule has 0 saturated carbocycles. The van der Waals surface area contributed by atoms with E-state index in [2.05, 4.69) is 4.98 Å². The average Bonchev–Trinajstić information content (AvgIpc) is 2.67. The van der Waals surface area contributed by atoms with E-state index in [4.69, 9.17) is 9.84 Å². The smallest absolute Gasteiger partial charge is 0.356 e. The van der Waals surface area contributed by atoms with E-state index >= 15 is 0 Å². The van der Waals surface area contributed by atoms with E-state index in [1.807, 2.05) is 0 Å². The van der Waals surface area contributed by atoms with Crippen molar-refractivity contribution in [2.75, 3.05) is 13.7 Å². The Morgan fingerprint density at radius 3 is 2.94 bits per heavy atom. The van der Waals surface area contributed by atoms with Crippen LogP contribution in [0.25, 0.3) is 5.52 Å². The first-order valence-corrected chi connectivity index (χ1v) is 5.06. The SMILES string of the molecule is COCCc1nc(C(=O)O)c2cccc(O)n12. The van der Waals surface area contributed by atoms with Gasteiger partial charge in [0.1, 0.15) is 5.82 Å². The molecule has 0 amide bonds. The predicted molar refractivity (Wildman–Crippen MR) is 59.4 cm³/mol. The normalized spacial score (nSPS) is 10.9. The van der Waals surface area contributed by atoms with Gasteiger partial charge in [-0.3, -0.25) is 4.40 Å². The molecule has 2 aromatic rings. The van der Waals surface area contributed by atoms with Crippen molar-refractivity contribution in [3.63, 3.8) is 0 Å². The number of aromatic hydroxyl groups is 1. The molecule has 0 aliphatic carbocycles. The van der Waals surface area contributed by atoms with Gasteiger partial charge in [-0.25, -0.2) is 9.78 Å². The number of rotatable bonds is 4.